The van der Waals surface area contributed by atoms with E-state index < -0.39 is 17.7 Å². The van der Waals surface area contributed by atoms with Crippen LogP contribution >= 0.6 is 0 Å². The van der Waals surface area contributed by atoms with Gasteiger partial charge < -0.3 is 14.2 Å². The summed E-state index contributed by atoms with van der Waals surface area (Å²) in [6.07, 6.45) is -0.272. The molecule has 1 atom stereocenters. The molecule has 0 fully saturated rings. The second kappa shape index (κ2) is 9.52. The number of hydrogen-bond acceptors (Lipinski definition) is 6. The van der Waals surface area contributed by atoms with Gasteiger partial charge in [0.05, 0.1) is 20.8 Å². The summed E-state index contributed by atoms with van der Waals surface area (Å²) in [6.45, 7) is 2.39. The Balaban J connectivity index is 2.18. The summed E-state index contributed by atoms with van der Waals surface area (Å²) in [4.78, 5) is 37.4. The van der Waals surface area contributed by atoms with Crippen molar-refractivity contribution in [2.24, 2.45) is 5.92 Å². The quantitative estimate of drug-likeness (QED) is 0.383. The summed E-state index contributed by atoms with van der Waals surface area (Å²) < 4.78 is 15.1. The summed E-state index contributed by atoms with van der Waals surface area (Å²) in [6, 6.07) is 12.9. The molecule has 2 aromatic carbocycles. The van der Waals surface area contributed by atoms with E-state index in [0.717, 1.165) is 0 Å². The van der Waals surface area contributed by atoms with Crippen LogP contribution in [0.2, 0.25) is 0 Å². The molecule has 27 heavy (non-hydrogen) atoms. The largest absolute Gasteiger partial charge is 0.497 e. The zero-order valence-corrected chi connectivity index (χ0v) is 15.6. The van der Waals surface area contributed by atoms with Gasteiger partial charge in [-0.15, -0.1) is 0 Å². The van der Waals surface area contributed by atoms with Gasteiger partial charge in [0.2, 0.25) is 0 Å². The molecule has 6 heteroatoms. The molecule has 0 heterocycles. The molecular formula is C21H22O6. The van der Waals surface area contributed by atoms with E-state index in [0.29, 0.717) is 29.2 Å². The Morgan fingerprint density at radius 3 is 1.93 bits per heavy atom. The van der Waals surface area contributed by atoms with Crippen LogP contribution in [0.1, 0.15) is 34.1 Å². The normalized spacial score (nSPS) is 11.4. The lowest BCUT2D eigenvalue weighted by Crippen LogP contribution is -2.28. The molecule has 0 spiro atoms. The van der Waals surface area contributed by atoms with E-state index in [9.17, 15) is 14.4 Å². The molecule has 142 valence electrons. The molecular weight excluding hydrogens is 348 g/mol. The molecule has 2 rings (SSSR count). The minimum atomic E-state index is -1.21. The molecule has 0 bridgehead atoms. The number of esters is 1. The van der Waals surface area contributed by atoms with Crippen LogP contribution in [-0.4, -0.2) is 38.4 Å². The third-order valence-corrected chi connectivity index (χ3v) is 4.05. The molecule has 0 saturated heterocycles. The van der Waals surface area contributed by atoms with Gasteiger partial charge in [0.15, 0.2) is 11.6 Å². The molecule has 6 nitrogen and oxygen atoms in total. The Labute approximate surface area is 158 Å². The van der Waals surface area contributed by atoms with Gasteiger partial charge in [-0.2, -0.15) is 0 Å². The molecule has 2 aromatic rings. The van der Waals surface area contributed by atoms with Crippen LogP contribution in [-0.2, 0) is 9.53 Å². The van der Waals surface area contributed by atoms with Crippen molar-refractivity contribution in [1.29, 1.82) is 0 Å². The van der Waals surface area contributed by atoms with Crippen LogP contribution in [0.5, 0.6) is 11.5 Å². The molecule has 0 aromatic heterocycles. The highest BCUT2D eigenvalue weighted by atomic mass is 16.5. The molecule has 0 aliphatic rings. The summed E-state index contributed by atoms with van der Waals surface area (Å²) in [5.41, 5.74) is 0.709. The van der Waals surface area contributed by atoms with E-state index in [1.54, 1.807) is 48.5 Å². The first-order valence-corrected chi connectivity index (χ1v) is 8.52. The first kappa shape index (κ1) is 20.2. The molecule has 0 N–H and O–H groups in total. The van der Waals surface area contributed by atoms with Gasteiger partial charge in [0.25, 0.3) is 0 Å². The number of methoxy groups -OCH3 is 2. The highest BCUT2D eigenvalue weighted by molar-refractivity contribution is 6.12. The van der Waals surface area contributed by atoms with Crippen molar-refractivity contribution >= 4 is 17.5 Å². The number of rotatable bonds is 9. The highest BCUT2D eigenvalue weighted by Crippen LogP contribution is 2.21. The Hall–Kier alpha value is -3.15. The van der Waals surface area contributed by atoms with Gasteiger partial charge in [-0.25, -0.2) is 0 Å². The van der Waals surface area contributed by atoms with Crippen LogP contribution in [0.25, 0.3) is 0 Å². The van der Waals surface area contributed by atoms with Crippen molar-refractivity contribution in [2.45, 2.75) is 13.3 Å². The average molecular weight is 370 g/mol. The van der Waals surface area contributed by atoms with Crippen LogP contribution < -0.4 is 9.47 Å². The van der Waals surface area contributed by atoms with Crippen LogP contribution in [0.3, 0.4) is 0 Å². The van der Waals surface area contributed by atoms with E-state index in [4.69, 9.17) is 14.2 Å². The van der Waals surface area contributed by atoms with Gasteiger partial charge in [-0.05, 0) is 55.5 Å². The first-order valence-electron chi connectivity index (χ1n) is 8.52. The van der Waals surface area contributed by atoms with Crippen LogP contribution in [0.15, 0.2) is 48.5 Å². The smallest absolute Gasteiger partial charge is 0.317 e. The Morgan fingerprint density at radius 2 is 1.41 bits per heavy atom. The van der Waals surface area contributed by atoms with Crippen molar-refractivity contribution in [3.8, 4) is 11.5 Å². The van der Waals surface area contributed by atoms with Crippen molar-refractivity contribution in [3.05, 3.63) is 59.7 Å². The fourth-order valence-corrected chi connectivity index (χ4v) is 2.59. The monoisotopic (exact) mass is 370 g/mol. The topological polar surface area (TPSA) is 78.9 Å². The van der Waals surface area contributed by atoms with Crippen LogP contribution in [0.4, 0.5) is 0 Å². The van der Waals surface area contributed by atoms with Gasteiger partial charge >= 0.3 is 5.97 Å². The maximum absolute atomic E-state index is 12.7. The first-order chi connectivity index (χ1) is 13.0. The summed E-state index contributed by atoms with van der Waals surface area (Å²) in [7, 11) is 2.71. The average Bonchev–Trinajstić information content (AvgIpc) is 2.71. The third kappa shape index (κ3) is 5.17. The predicted octanol–water partition coefficient (Wildman–Crippen LogP) is 3.34. The molecule has 0 radical (unpaired) electrons. The summed E-state index contributed by atoms with van der Waals surface area (Å²) in [5, 5.41) is 0. The lowest BCUT2D eigenvalue weighted by atomic mass is 9.91. The Bertz CT molecular complexity index is 792. The van der Waals surface area contributed by atoms with E-state index in [-0.39, 0.29) is 12.2 Å². The standard InChI is InChI=1S/C21H22O6/c1-4-27-17-11-5-14(6-12-17)19(22)13-18(21(24)26-3)20(23)15-7-9-16(25-2)10-8-15/h5-12,18H,4,13H2,1-3H3. The third-order valence-electron chi connectivity index (χ3n) is 4.05. The number of carbonyl (C=O) groups is 3. The highest BCUT2D eigenvalue weighted by Gasteiger charge is 2.31. The van der Waals surface area contributed by atoms with Gasteiger partial charge in [0, 0.05) is 17.5 Å². The number of hydrogen-bond donors (Lipinski definition) is 0. The Morgan fingerprint density at radius 1 is 0.852 bits per heavy atom. The van der Waals surface area contributed by atoms with Gasteiger partial charge in [-0.3, -0.25) is 14.4 Å². The molecule has 0 aliphatic carbocycles. The van der Waals surface area contributed by atoms with Gasteiger partial charge in [-0.1, -0.05) is 0 Å². The summed E-state index contributed by atoms with van der Waals surface area (Å²) >= 11 is 0. The van der Waals surface area contributed by atoms with Crippen molar-refractivity contribution in [3.63, 3.8) is 0 Å². The van der Waals surface area contributed by atoms with E-state index >= 15 is 0 Å². The maximum atomic E-state index is 12.7. The lowest BCUT2D eigenvalue weighted by molar-refractivity contribution is -0.143. The number of ketones is 2. The number of Topliss-reactive ketones (excluding diaryl/α,β-unsaturated/α-hetero) is 2. The SMILES string of the molecule is CCOc1ccc(C(=O)CC(C(=O)OC)C(=O)c2ccc(OC)cc2)cc1. The molecule has 0 saturated carbocycles. The zero-order chi connectivity index (χ0) is 19.8. The second-order valence-electron chi connectivity index (χ2n) is 5.75. The minimum Gasteiger partial charge on any atom is -0.497 e. The minimum absolute atomic E-state index is 0.272. The fourth-order valence-electron chi connectivity index (χ4n) is 2.59. The Kier molecular flexibility index (Phi) is 7.11. The molecule has 1 unspecified atom stereocenters. The zero-order valence-electron chi connectivity index (χ0n) is 15.6. The van der Waals surface area contributed by atoms with Crippen molar-refractivity contribution < 1.29 is 28.6 Å². The number of benzene rings is 2. The van der Waals surface area contributed by atoms with Crippen molar-refractivity contribution in [1.82, 2.24) is 0 Å². The molecule has 0 amide bonds. The molecule has 0 aliphatic heterocycles. The summed E-state index contributed by atoms with van der Waals surface area (Å²) in [5.74, 6) is -1.50. The van der Waals surface area contributed by atoms with E-state index in [2.05, 4.69) is 0 Å². The van der Waals surface area contributed by atoms with E-state index in [1.807, 2.05) is 6.92 Å². The van der Waals surface area contributed by atoms with Crippen LogP contribution in [0, 0.1) is 5.92 Å². The van der Waals surface area contributed by atoms with Gasteiger partial charge in [0.1, 0.15) is 17.4 Å². The second-order valence-corrected chi connectivity index (χ2v) is 5.75. The lowest BCUT2D eigenvalue weighted by Gasteiger charge is -2.13. The predicted molar refractivity (Wildman–Crippen MR) is 99.4 cm³/mol. The number of ether oxygens (including phenoxy) is 3. The fraction of sp³-hybridized carbons (Fsp3) is 0.286. The maximum Gasteiger partial charge on any atom is 0.317 e. The number of carbonyl (C=O) groups excluding carboxylic acids is 3. The van der Waals surface area contributed by atoms with Crippen molar-refractivity contribution in [2.75, 3.05) is 20.8 Å². The van der Waals surface area contributed by atoms with E-state index in [1.165, 1.54) is 14.2 Å².